The maximum atomic E-state index is 9.73. The summed E-state index contributed by atoms with van der Waals surface area (Å²) in [6.45, 7) is 7.16. The highest BCUT2D eigenvalue weighted by Crippen LogP contribution is 2.39. The molecule has 0 radical (unpaired) electrons. The Hall–Kier alpha value is -4.20. The van der Waals surface area contributed by atoms with Gasteiger partial charge >= 0.3 is 0 Å². The Balaban J connectivity index is 0.000000312. The van der Waals surface area contributed by atoms with E-state index in [2.05, 4.69) is 86.2 Å². The van der Waals surface area contributed by atoms with Crippen molar-refractivity contribution in [2.24, 2.45) is 0 Å². The third-order valence-electron chi connectivity index (χ3n) is 6.68. The molecule has 3 aliphatic rings. The van der Waals surface area contributed by atoms with E-state index < -0.39 is 0 Å². The largest absolute Gasteiger partial charge is 0.338 e. The number of aromatic nitrogens is 6. The number of hydrogen-bond donors (Lipinski definition) is 3. The summed E-state index contributed by atoms with van der Waals surface area (Å²) in [6.07, 6.45) is 23.1. The molecule has 1 aliphatic carbocycles. The van der Waals surface area contributed by atoms with Gasteiger partial charge in [-0.15, -0.1) is 37.0 Å². The van der Waals surface area contributed by atoms with Crippen LogP contribution in [0.15, 0.2) is 17.6 Å². The first-order valence-electron chi connectivity index (χ1n) is 13.1. The fourth-order valence-corrected chi connectivity index (χ4v) is 4.87. The van der Waals surface area contributed by atoms with Crippen molar-refractivity contribution in [1.29, 1.82) is 0 Å². The standard InChI is InChI=1S/C19H29N9.C4H4N2OS.2C2H2/c1-13-4-3-7-28(13)19-22-17(20-16-12-15(24-25-16)14-5-6-14)21-18(23-19)27-10-8-26(2)9-11-27;7-3-6-4-5-1-2-8-4;2*1-2/h12-14H,3-11H2,1-2H3,(H2,20,21,22,23,24,25);1-3H,(H,5,6,7);2*1-2H/t13-;;;/m0.../s1. The van der Waals surface area contributed by atoms with Crippen molar-refractivity contribution < 1.29 is 4.79 Å². The van der Waals surface area contributed by atoms with Crippen molar-refractivity contribution in [2.45, 2.75) is 44.6 Å². The molecule has 3 fully saturated rings. The van der Waals surface area contributed by atoms with E-state index in [1.165, 1.54) is 42.7 Å². The summed E-state index contributed by atoms with van der Waals surface area (Å²) < 4.78 is 0. The van der Waals surface area contributed by atoms with Gasteiger partial charge in [0.2, 0.25) is 24.3 Å². The lowest BCUT2D eigenvalue weighted by atomic mass is 10.2. The van der Waals surface area contributed by atoms with Crippen LogP contribution >= 0.6 is 11.3 Å². The van der Waals surface area contributed by atoms with Crippen molar-refractivity contribution in [3.63, 3.8) is 0 Å². The van der Waals surface area contributed by atoms with E-state index in [0.717, 1.165) is 50.4 Å². The molecular weight excluding hydrogens is 526 g/mol. The lowest BCUT2D eigenvalue weighted by molar-refractivity contribution is -0.105. The quantitative estimate of drug-likeness (QED) is 0.291. The predicted molar refractivity (Wildman–Crippen MR) is 161 cm³/mol. The highest BCUT2D eigenvalue weighted by molar-refractivity contribution is 7.13. The number of rotatable bonds is 7. The molecule has 3 aromatic rings. The van der Waals surface area contributed by atoms with Crippen LogP contribution in [-0.4, -0.2) is 87.3 Å². The van der Waals surface area contributed by atoms with Crippen LogP contribution in [0, 0.1) is 25.7 Å². The fourth-order valence-electron chi connectivity index (χ4n) is 4.38. The number of likely N-dealkylation sites (N-methyl/N-ethyl adjacent to an activating group) is 1. The number of terminal acetylenes is 2. The number of nitrogens with one attached hydrogen (secondary N) is 3. The molecule has 212 valence electrons. The summed E-state index contributed by atoms with van der Waals surface area (Å²) in [5.74, 6) is 3.53. The van der Waals surface area contributed by atoms with E-state index in [-0.39, 0.29) is 0 Å². The molecular formula is C27H37N11OS. The second-order valence-corrected chi connectivity index (χ2v) is 10.3. The van der Waals surface area contributed by atoms with Gasteiger partial charge in [0.25, 0.3) is 0 Å². The second-order valence-electron chi connectivity index (χ2n) is 9.44. The molecule has 2 saturated heterocycles. The number of carbonyl (C=O) groups excluding carboxylic acids is 1. The minimum atomic E-state index is 0.461. The van der Waals surface area contributed by atoms with E-state index in [0.29, 0.717) is 29.4 Å². The van der Waals surface area contributed by atoms with Gasteiger partial charge in [-0.1, -0.05) is 0 Å². The molecule has 1 saturated carbocycles. The lowest BCUT2D eigenvalue weighted by Crippen LogP contribution is -2.45. The molecule has 13 heteroatoms. The molecule has 1 atom stereocenters. The average Bonchev–Trinajstić information content (AvgIpc) is 3.30. The summed E-state index contributed by atoms with van der Waals surface area (Å²) in [4.78, 5) is 34.7. The topological polar surface area (TPSA) is 131 Å². The molecule has 5 heterocycles. The maximum Gasteiger partial charge on any atom is 0.235 e. The van der Waals surface area contributed by atoms with Gasteiger partial charge < -0.3 is 25.3 Å². The summed E-state index contributed by atoms with van der Waals surface area (Å²) in [5.41, 5.74) is 1.20. The van der Waals surface area contributed by atoms with Gasteiger partial charge in [0.15, 0.2) is 10.9 Å². The van der Waals surface area contributed by atoms with Crippen molar-refractivity contribution in [1.82, 2.24) is 35.0 Å². The van der Waals surface area contributed by atoms with Crippen LogP contribution in [0.25, 0.3) is 0 Å². The maximum absolute atomic E-state index is 9.73. The van der Waals surface area contributed by atoms with Crippen LogP contribution in [0.1, 0.15) is 44.2 Å². The van der Waals surface area contributed by atoms with E-state index in [1.807, 2.05) is 0 Å². The summed E-state index contributed by atoms with van der Waals surface area (Å²) >= 11 is 1.39. The van der Waals surface area contributed by atoms with Crippen LogP contribution < -0.4 is 20.4 Å². The molecule has 0 bridgehead atoms. The van der Waals surface area contributed by atoms with Gasteiger partial charge in [-0.05, 0) is 39.7 Å². The number of anilines is 5. The van der Waals surface area contributed by atoms with Crippen LogP contribution in [-0.2, 0) is 4.79 Å². The number of hydrogen-bond acceptors (Lipinski definition) is 11. The molecule has 0 aromatic carbocycles. The first-order chi connectivity index (χ1) is 19.6. The summed E-state index contributed by atoms with van der Waals surface area (Å²) in [5, 5.41) is 15.7. The number of piperazine rings is 1. The van der Waals surface area contributed by atoms with Gasteiger partial charge in [0.1, 0.15) is 0 Å². The molecule has 3 aromatic heterocycles. The third-order valence-corrected chi connectivity index (χ3v) is 7.38. The molecule has 3 N–H and O–H groups in total. The van der Waals surface area contributed by atoms with Crippen LogP contribution in [0.3, 0.4) is 0 Å². The van der Waals surface area contributed by atoms with Crippen LogP contribution in [0.5, 0.6) is 0 Å². The highest BCUT2D eigenvalue weighted by Gasteiger charge is 2.27. The number of carbonyl (C=O) groups is 1. The van der Waals surface area contributed by atoms with Crippen molar-refractivity contribution >= 4 is 46.5 Å². The average molecular weight is 564 g/mol. The van der Waals surface area contributed by atoms with Crippen molar-refractivity contribution in [3.05, 3.63) is 23.3 Å². The first-order valence-corrected chi connectivity index (χ1v) is 14.0. The zero-order valence-corrected chi connectivity index (χ0v) is 23.8. The highest BCUT2D eigenvalue weighted by atomic mass is 32.1. The summed E-state index contributed by atoms with van der Waals surface area (Å²) in [7, 11) is 2.16. The van der Waals surface area contributed by atoms with E-state index >= 15 is 0 Å². The van der Waals surface area contributed by atoms with E-state index in [9.17, 15) is 4.79 Å². The van der Waals surface area contributed by atoms with Gasteiger partial charge in [-0.3, -0.25) is 9.89 Å². The monoisotopic (exact) mass is 563 g/mol. The SMILES string of the molecule is C#C.C#C.C[C@H]1CCCN1c1nc(Nc2cc(C3CC3)[nH]n2)nc(N2CCN(C)CC2)n1.O=CNc1nccs1. The lowest BCUT2D eigenvalue weighted by Gasteiger charge is -2.33. The van der Waals surface area contributed by atoms with E-state index in [1.54, 1.807) is 11.6 Å². The number of nitrogens with zero attached hydrogens (tertiary/aromatic N) is 8. The molecule has 12 nitrogen and oxygen atoms in total. The Labute approximate surface area is 240 Å². The van der Waals surface area contributed by atoms with Gasteiger partial charge in [0.05, 0.1) is 0 Å². The van der Waals surface area contributed by atoms with E-state index in [4.69, 9.17) is 15.0 Å². The smallest absolute Gasteiger partial charge is 0.235 e. The van der Waals surface area contributed by atoms with Crippen LogP contribution in [0.2, 0.25) is 0 Å². The van der Waals surface area contributed by atoms with Gasteiger partial charge in [0, 0.05) is 68.0 Å². The van der Waals surface area contributed by atoms with Crippen LogP contribution in [0.4, 0.5) is 28.8 Å². The number of H-pyrrole nitrogens is 1. The Kier molecular flexibility index (Phi) is 11.7. The zero-order valence-electron chi connectivity index (χ0n) is 23.0. The second kappa shape index (κ2) is 15.4. The minimum Gasteiger partial charge on any atom is -0.338 e. The molecule has 1 amide bonds. The van der Waals surface area contributed by atoms with Gasteiger partial charge in [-0.2, -0.15) is 20.1 Å². The zero-order chi connectivity index (χ0) is 28.9. The normalized spacial score (nSPS) is 18.2. The first kappa shape index (κ1) is 30.3. The summed E-state index contributed by atoms with van der Waals surface area (Å²) in [6, 6.07) is 2.54. The molecule has 2 aliphatic heterocycles. The Bertz CT molecular complexity index is 1210. The Morgan fingerprint density at radius 2 is 1.75 bits per heavy atom. The third kappa shape index (κ3) is 8.40. The van der Waals surface area contributed by atoms with Gasteiger partial charge in [-0.25, -0.2) is 4.98 Å². The Morgan fingerprint density at radius 3 is 2.35 bits per heavy atom. The number of aromatic amines is 1. The fraction of sp³-hybridized carbons (Fsp3) is 0.481. The van der Waals surface area contributed by atoms with Crippen molar-refractivity contribution in [2.75, 3.05) is 60.2 Å². The Morgan fingerprint density at radius 1 is 1.02 bits per heavy atom. The molecule has 6 rings (SSSR count). The number of thiazole rings is 1. The molecule has 0 spiro atoms. The minimum absolute atomic E-state index is 0.461. The molecule has 0 unspecified atom stereocenters. The molecule has 40 heavy (non-hydrogen) atoms. The number of amides is 1. The predicted octanol–water partition coefficient (Wildman–Crippen LogP) is 3.17. The van der Waals surface area contributed by atoms with Crippen molar-refractivity contribution in [3.8, 4) is 25.7 Å².